The Balaban J connectivity index is 1.43. The minimum absolute atomic E-state index is 0.0397. The molecule has 2 aliphatic heterocycles. The number of guanidine groups is 1. The first-order valence-corrected chi connectivity index (χ1v) is 14.2. The summed E-state index contributed by atoms with van der Waals surface area (Å²) < 4.78 is 5.62. The topological polar surface area (TPSA) is 134 Å². The van der Waals surface area contributed by atoms with Gasteiger partial charge in [-0.3, -0.25) is 19.7 Å². The van der Waals surface area contributed by atoms with E-state index in [0.717, 1.165) is 42.4 Å². The lowest BCUT2D eigenvalue weighted by Crippen LogP contribution is -2.50. The third-order valence-corrected chi connectivity index (χ3v) is 7.64. The summed E-state index contributed by atoms with van der Waals surface area (Å²) in [5.74, 6) is 0.471. The van der Waals surface area contributed by atoms with Crippen LogP contribution in [0.25, 0.3) is 11.0 Å². The van der Waals surface area contributed by atoms with E-state index < -0.39 is 6.04 Å². The molecule has 1 aromatic heterocycles. The van der Waals surface area contributed by atoms with Gasteiger partial charge in [-0.05, 0) is 77.1 Å². The molecule has 3 amide bonds. The zero-order valence-electron chi connectivity index (χ0n) is 23.6. The van der Waals surface area contributed by atoms with Crippen LogP contribution in [-0.4, -0.2) is 83.7 Å². The number of furan rings is 1. The lowest BCUT2D eigenvalue weighted by Gasteiger charge is -2.35. The van der Waals surface area contributed by atoms with E-state index in [4.69, 9.17) is 4.42 Å². The van der Waals surface area contributed by atoms with Crippen molar-refractivity contribution in [3.05, 3.63) is 30.0 Å². The summed E-state index contributed by atoms with van der Waals surface area (Å²) in [5.41, 5.74) is 1.45. The minimum Gasteiger partial charge on any atom is -0.461 e. The standard InChI is InChI=1S/C29H39N7O4/c1-4-34(5-2)27(38)21-9-8-14-35(17-21)26(37)18-36-13-7-6-10-24(28(36)39)33-29(31-19-30)32-23-11-12-25-22(16-23)15-20(3)40-25/h11-12,15-16,21,24H,4-10,13-14,17-18H2,1-3H3,(H2,31,32,33)/t21?,24-/m0/s1. The van der Waals surface area contributed by atoms with Crippen molar-refractivity contribution in [2.45, 2.75) is 58.9 Å². The van der Waals surface area contributed by atoms with Crippen molar-refractivity contribution in [3.8, 4) is 6.19 Å². The first-order chi connectivity index (χ1) is 19.3. The predicted molar refractivity (Wildman–Crippen MR) is 152 cm³/mol. The van der Waals surface area contributed by atoms with Crippen molar-refractivity contribution in [2.24, 2.45) is 10.9 Å². The number of hydrogen-bond acceptors (Lipinski definition) is 6. The maximum Gasteiger partial charge on any atom is 0.247 e. The van der Waals surface area contributed by atoms with Crippen molar-refractivity contribution < 1.29 is 18.8 Å². The lowest BCUT2D eigenvalue weighted by molar-refractivity contribution is -0.144. The van der Waals surface area contributed by atoms with Crippen molar-refractivity contribution in [1.29, 1.82) is 5.26 Å². The van der Waals surface area contributed by atoms with Crippen LogP contribution in [0.1, 0.15) is 51.7 Å². The zero-order valence-corrected chi connectivity index (χ0v) is 23.6. The average molecular weight is 550 g/mol. The number of carbonyl (C=O) groups excluding carboxylic acids is 3. The number of piperidine rings is 1. The molecule has 40 heavy (non-hydrogen) atoms. The molecule has 0 radical (unpaired) electrons. The Hall–Kier alpha value is -4.07. The first kappa shape index (κ1) is 28.9. The number of benzene rings is 1. The Morgan fingerprint density at radius 2 is 1.95 bits per heavy atom. The van der Waals surface area contributed by atoms with Gasteiger partial charge >= 0.3 is 0 Å². The summed E-state index contributed by atoms with van der Waals surface area (Å²) in [5, 5.41) is 15.9. The van der Waals surface area contributed by atoms with Crippen molar-refractivity contribution in [1.82, 2.24) is 20.0 Å². The quantitative estimate of drug-likeness (QED) is 0.235. The van der Waals surface area contributed by atoms with Gasteiger partial charge in [-0.1, -0.05) is 0 Å². The molecule has 11 heteroatoms. The number of aryl methyl sites for hydroxylation is 1. The molecule has 2 saturated heterocycles. The smallest absolute Gasteiger partial charge is 0.247 e. The number of nitrogens with one attached hydrogen (secondary N) is 2. The summed E-state index contributed by atoms with van der Waals surface area (Å²) in [6.07, 6.45) is 5.48. The molecule has 2 atom stereocenters. The number of nitriles is 1. The van der Waals surface area contributed by atoms with E-state index in [-0.39, 0.29) is 36.1 Å². The van der Waals surface area contributed by atoms with Gasteiger partial charge in [0.1, 0.15) is 17.4 Å². The molecule has 1 unspecified atom stereocenters. The first-order valence-electron chi connectivity index (χ1n) is 14.2. The van der Waals surface area contributed by atoms with Crippen LogP contribution in [0.15, 0.2) is 33.7 Å². The molecule has 2 aromatic rings. The number of aliphatic imine (C=N–C) groups is 1. The Morgan fingerprint density at radius 1 is 1.15 bits per heavy atom. The minimum atomic E-state index is -0.725. The van der Waals surface area contributed by atoms with Gasteiger partial charge in [-0.25, -0.2) is 4.99 Å². The predicted octanol–water partition coefficient (Wildman–Crippen LogP) is 3.07. The van der Waals surface area contributed by atoms with E-state index in [0.29, 0.717) is 44.8 Å². The monoisotopic (exact) mass is 549 g/mol. The lowest BCUT2D eigenvalue weighted by atomic mass is 9.96. The van der Waals surface area contributed by atoms with E-state index in [1.807, 2.05) is 56.1 Å². The number of hydrogen-bond donors (Lipinski definition) is 2. The fourth-order valence-corrected chi connectivity index (χ4v) is 5.52. The van der Waals surface area contributed by atoms with Crippen LogP contribution in [-0.2, 0) is 14.4 Å². The number of amides is 3. The SMILES string of the molecule is CCN(CC)C(=O)C1CCCN(C(=O)CN2CCCC[C@H](N=C(NC#N)Nc3ccc4oc(C)cc4c3)C2=O)C1. The van der Waals surface area contributed by atoms with Crippen molar-refractivity contribution >= 4 is 40.3 Å². The number of nitrogens with zero attached hydrogens (tertiary/aromatic N) is 5. The maximum atomic E-state index is 13.5. The van der Waals surface area contributed by atoms with Gasteiger partial charge in [0.05, 0.1) is 12.5 Å². The molecule has 2 aliphatic rings. The molecule has 2 N–H and O–H groups in total. The number of likely N-dealkylation sites (tertiary alicyclic amines) is 2. The van der Waals surface area contributed by atoms with Gasteiger partial charge in [0.2, 0.25) is 23.7 Å². The second-order valence-corrected chi connectivity index (χ2v) is 10.4. The van der Waals surface area contributed by atoms with Crippen LogP contribution in [0, 0.1) is 24.3 Å². The zero-order chi connectivity index (χ0) is 28.6. The van der Waals surface area contributed by atoms with Crippen LogP contribution in [0.4, 0.5) is 5.69 Å². The van der Waals surface area contributed by atoms with Gasteiger partial charge in [0, 0.05) is 43.8 Å². The van der Waals surface area contributed by atoms with E-state index in [9.17, 15) is 19.6 Å². The fourth-order valence-electron chi connectivity index (χ4n) is 5.52. The molecule has 0 aliphatic carbocycles. The van der Waals surface area contributed by atoms with Crippen LogP contribution in [0.5, 0.6) is 0 Å². The highest BCUT2D eigenvalue weighted by molar-refractivity contribution is 5.98. The van der Waals surface area contributed by atoms with Crippen molar-refractivity contribution in [3.63, 3.8) is 0 Å². The van der Waals surface area contributed by atoms with Crippen LogP contribution in [0.2, 0.25) is 0 Å². The summed E-state index contributed by atoms with van der Waals surface area (Å²) >= 11 is 0. The number of carbonyl (C=O) groups is 3. The Labute approximate surface area is 235 Å². The van der Waals surface area contributed by atoms with Crippen LogP contribution < -0.4 is 10.6 Å². The molecule has 214 valence electrons. The Morgan fingerprint density at radius 3 is 2.70 bits per heavy atom. The average Bonchev–Trinajstić information content (AvgIpc) is 3.24. The molecule has 11 nitrogen and oxygen atoms in total. The molecule has 3 heterocycles. The summed E-state index contributed by atoms with van der Waals surface area (Å²) in [7, 11) is 0. The number of fused-ring (bicyclic) bond motifs is 1. The van der Waals surface area contributed by atoms with E-state index in [1.54, 1.807) is 9.80 Å². The Bertz CT molecular complexity index is 1290. The number of anilines is 1. The normalized spacial score (nSPS) is 20.1. The van der Waals surface area contributed by atoms with E-state index in [2.05, 4.69) is 15.6 Å². The van der Waals surface area contributed by atoms with E-state index >= 15 is 0 Å². The maximum absolute atomic E-state index is 13.5. The summed E-state index contributed by atoms with van der Waals surface area (Å²) in [6, 6.07) is 6.73. The van der Waals surface area contributed by atoms with Gasteiger partial charge < -0.3 is 24.4 Å². The second kappa shape index (κ2) is 13.3. The molecule has 1 aromatic carbocycles. The van der Waals surface area contributed by atoms with E-state index in [1.165, 1.54) is 0 Å². The molecule has 0 bridgehead atoms. The number of rotatable bonds is 7. The van der Waals surface area contributed by atoms with Gasteiger partial charge in [-0.15, -0.1) is 0 Å². The molecular weight excluding hydrogens is 510 g/mol. The third kappa shape index (κ3) is 6.92. The molecule has 4 rings (SSSR count). The highest BCUT2D eigenvalue weighted by Gasteiger charge is 2.33. The summed E-state index contributed by atoms with van der Waals surface area (Å²) in [4.78, 5) is 49.4. The molecular formula is C29H39N7O4. The highest BCUT2D eigenvalue weighted by Crippen LogP contribution is 2.23. The molecule has 0 spiro atoms. The Kier molecular flexibility index (Phi) is 9.64. The van der Waals surface area contributed by atoms with Gasteiger partial charge in [-0.2, -0.15) is 5.26 Å². The largest absolute Gasteiger partial charge is 0.461 e. The third-order valence-electron chi connectivity index (χ3n) is 7.64. The summed E-state index contributed by atoms with van der Waals surface area (Å²) in [6.45, 7) is 8.51. The van der Waals surface area contributed by atoms with Gasteiger partial charge in [0.15, 0.2) is 6.19 Å². The molecule has 0 saturated carbocycles. The van der Waals surface area contributed by atoms with Crippen molar-refractivity contribution in [2.75, 3.05) is 44.6 Å². The van der Waals surface area contributed by atoms with Gasteiger partial charge in [0.25, 0.3) is 0 Å². The fraction of sp³-hybridized carbons (Fsp3) is 0.552. The van der Waals surface area contributed by atoms with Crippen LogP contribution in [0.3, 0.4) is 0 Å². The second-order valence-electron chi connectivity index (χ2n) is 10.4. The van der Waals surface area contributed by atoms with Crippen LogP contribution >= 0.6 is 0 Å². The molecule has 2 fully saturated rings. The highest BCUT2D eigenvalue weighted by atomic mass is 16.3.